The van der Waals surface area contributed by atoms with Crippen LogP contribution in [0.25, 0.3) is 0 Å². The molecule has 1 aromatic carbocycles. The Morgan fingerprint density at radius 3 is 2.57 bits per heavy atom. The minimum atomic E-state index is -0.801. The van der Waals surface area contributed by atoms with Gasteiger partial charge >= 0.3 is 6.09 Å². The number of carboxylic acid groups (broad SMARTS) is 1. The van der Waals surface area contributed by atoms with Crippen molar-refractivity contribution in [3.05, 3.63) is 24.3 Å². The smallest absolute Gasteiger partial charge is 0.407 e. The molecule has 3 rings (SSSR count). The van der Waals surface area contributed by atoms with Gasteiger partial charge < -0.3 is 24.2 Å². The van der Waals surface area contributed by atoms with Gasteiger partial charge in [0.2, 0.25) is 0 Å². The summed E-state index contributed by atoms with van der Waals surface area (Å²) in [6.07, 6.45) is 2.67. The first-order valence-corrected chi connectivity index (χ1v) is 8.07. The molecule has 6 nitrogen and oxygen atoms in total. The summed E-state index contributed by atoms with van der Waals surface area (Å²) in [6.45, 7) is 1.04. The van der Waals surface area contributed by atoms with Gasteiger partial charge in [0.05, 0.1) is 6.61 Å². The second-order valence-corrected chi connectivity index (χ2v) is 6.10. The molecule has 3 atom stereocenters. The van der Waals surface area contributed by atoms with Crippen LogP contribution in [0.5, 0.6) is 11.5 Å². The highest BCUT2D eigenvalue weighted by molar-refractivity contribution is 5.66. The lowest BCUT2D eigenvalue weighted by Gasteiger charge is -2.37. The van der Waals surface area contributed by atoms with Crippen molar-refractivity contribution in [3.63, 3.8) is 0 Å². The Hall–Kier alpha value is -1.95. The molecule has 2 fully saturated rings. The number of amides is 1. The molecule has 1 unspecified atom stereocenters. The number of carbonyl (C=O) groups is 1. The van der Waals surface area contributed by atoms with E-state index < -0.39 is 6.09 Å². The Labute approximate surface area is 135 Å². The third-order valence-electron chi connectivity index (χ3n) is 4.58. The number of hydrogen-bond acceptors (Lipinski definition) is 4. The summed E-state index contributed by atoms with van der Waals surface area (Å²) in [6, 6.07) is 7.77. The van der Waals surface area contributed by atoms with Crippen LogP contribution in [0.3, 0.4) is 0 Å². The summed E-state index contributed by atoms with van der Waals surface area (Å²) in [5, 5.41) is 9.29. The minimum Gasteiger partial charge on any atom is -0.491 e. The van der Waals surface area contributed by atoms with Crippen LogP contribution in [-0.4, -0.2) is 54.6 Å². The lowest BCUT2D eigenvalue weighted by Crippen LogP contribution is -2.48. The van der Waals surface area contributed by atoms with Crippen LogP contribution in [0.2, 0.25) is 0 Å². The van der Waals surface area contributed by atoms with Crippen LogP contribution < -0.4 is 9.47 Å². The van der Waals surface area contributed by atoms with Crippen LogP contribution in [0.15, 0.2) is 24.3 Å². The second-order valence-electron chi connectivity index (χ2n) is 6.10. The minimum absolute atomic E-state index is 0.0670. The zero-order chi connectivity index (χ0) is 16.2. The molecule has 6 heteroatoms. The third kappa shape index (κ3) is 3.69. The topological polar surface area (TPSA) is 68.2 Å². The zero-order valence-electron chi connectivity index (χ0n) is 13.3. The van der Waals surface area contributed by atoms with Crippen molar-refractivity contribution in [2.24, 2.45) is 0 Å². The van der Waals surface area contributed by atoms with Gasteiger partial charge in [0.15, 0.2) is 0 Å². The summed E-state index contributed by atoms with van der Waals surface area (Å²) >= 11 is 0. The van der Waals surface area contributed by atoms with Crippen molar-refractivity contribution in [1.29, 1.82) is 0 Å². The van der Waals surface area contributed by atoms with E-state index >= 15 is 0 Å². The Balaban J connectivity index is 1.58. The average molecular weight is 321 g/mol. The first kappa shape index (κ1) is 15.9. The maximum atomic E-state index is 11.3. The van der Waals surface area contributed by atoms with Crippen molar-refractivity contribution in [2.45, 2.75) is 43.9 Å². The van der Waals surface area contributed by atoms with Crippen LogP contribution in [-0.2, 0) is 4.74 Å². The molecule has 0 aromatic heterocycles. The standard InChI is InChI=1S/C17H23NO5/c1-21-7-8-22-14-3-2-4-15(11-14)23-16-9-12-5-6-13(10-16)18(12)17(19)20/h2-4,11-13,16H,5-10H2,1H3,(H,19,20)/t12-,13+,16?. The van der Waals surface area contributed by atoms with E-state index in [1.54, 1.807) is 12.0 Å². The van der Waals surface area contributed by atoms with Gasteiger partial charge in [0.1, 0.15) is 24.2 Å². The van der Waals surface area contributed by atoms with Gasteiger partial charge in [0.25, 0.3) is 0 Å². The number of ether oxygens (including phenoxy) is 3. The summed E-state index contributed by atoms with van der Waals surface area (Å²) in [7, 11) is 1.64. The van der Waals surface area contributed by atoms with E-state index in [4.69, 9.17) is 14.2 Å². The summed E-state index contributed by atoms with van der Waals surface area (Å²) in [4.78, 5) is 12.9. The number of piperidine rings is 1. The molecule has 23 heavy (non-hydrogen) atoms. The molecule has 2 aliphatic heterocycles. The normalized spacial score (nSPS) is 26.1. The third-order valence-corrected chi connectivity index (χ3v) is 4.58. The molecular formula is C17H23NO5. The molecule has 0 radical (unpaired) electrons. The van der Waals surface area contributed by atoms with Crippen molar-refractivity contribution >= 4 is 6.09 Å². The van der Waals surface area contributed by atoms with Gasteiger partial charge in [-0.05, 0) is 25.0 Å². The number of nitrogens with zero attached hydrogens (tertiary/aromatic N) is 1. The molecule has 126 valence electrons. The van der Waals surface area contributed by atoms with Crippen LogP contribution in [0, 0.1) is 0 Å². The average Bonchev–Trinajstić information content (AvgIpc) is 2.80. The molecule has 0 aliphatic carbocycles. The maximum absolute atomic E-state index is 11.3. The molecule has 2 saturated heterocycles. The van der Waals surface area contributed by atoms with Crippen LogP contribution in [0.1, 0.15) is 25.7 Å². The fourth-order valence-corrected chi connectivity index (χ4v) is 3.61. The van der Waals surface area contributed by atoms with Crippen LogP contribution >= 0.6 is 0 Å². The fraction of sp³-hybridized carbons (Fsp3) is 0.588. The summed E-state index contributed by atoms with van der Waals surface area (Å²) in [5.74, 6) is 1.53. The molecular weight excluding hydrogens is 298 g/mol. The van der Waals surface area contributed by atoms with Gasteiger partial charge in [0, 0.05) is 38.1 Å². The molecule has 0 saturated carbocycles. The lowest BCUT2D eigenvalue weighted by molar-refractivity contribution is 0.0494. The number of fused-ring (bicyclic) bond motifs is 2. The molecule has 1 N–H and O–H groups in total. The zero-order valence-corrected chi connectivity index (χ0v) is 13.3. The summed E-state index contributed by atoms with van der Waals surface area (Å²) < 4.78 is 16.6. The van der Waals surface area contributed by atoms with E-state index in [9.17, 15) is 9.90 Å². The van der Waals surface area contributed by atoms with Gasteiger partial charge in [-0.1, -0.05) is 6.07 Å². The molecule has 2 heterocycles. The van der Waals surface area contributed by atoms with Crippen molar-refractivity contribution in [1.82, 2.24) is 4.90 Å². The van der Waals surface area contributed by atoms with Crippen molar-refractivity contribution in [2.75, 3.05) is 20.3 Å². The number of rotatable bonds is 6. The Morgan fingerprint density at radius 2 is 1.91 bits per heavy atom. The van der Waals surface area contributed by atoms with Gasteiger partial charge in [-0.3, -0.25) is 0 Å². The number of benzene rings is 1. The van der Waals surface area contributed by atoms with E-state index in [0.29, 0.717) is 13.2 Å². The lowest BCUT2D eigenvalue weighted by atomic mass is 10.0. The van der Waals surface area contributed by atoms with E-state index in [2.05, 4.69) is 0 Å². The molecule has 0 spiro atoms. The van der Waals surface area contributed by atoms with E-state index in [1.165, 1.54) is 0 Å². The summed E-state index contributed by atoms with van der Waals surface area (Å²) in [5.41, 5.74) is 0. The van der Waals surface area contributed by atoms with E-state index in [-0.39, 0.29) is 18.2 Å². The molecule has 1 aromatic rings. The predicted molar refractivity (Wildman–Crippen MR) is 84.1 cm³/mol. The van der Waals surface area contributed by atoms with E-state index in [1.807, 2.05) is 24.3 Å². The highest BCUT2D eigenvalue weighted by Gasteiger charge is 2.44. The largest absolute Gasteiger partial charge is 0.491 e. The van der Waals surface area contributed by atoms with Crippen LogP contribution in [0.4, 0.5) is 4.79 Å². The molecule has 1 amide bonds. The maximum Gasteiger partial charge on any atom is 0.407 e. The highest BCUT2D eigenvalue weighted by Crippen LogP contribution is 2.37. The molecule has 2 aliphatic rings. The SMILES string of the molecule is COCCOc1cccc(OC2C[C@H]3CC[C@@H](C2)N3C(=O)O)c1. The first-order valence-electron chi connectivity index (χ1n) is 8.07. The van der Waals surface area contributed by atoms with Crippen molar-refractivity contribution in [3.8, 4) is 11.5 Å². The van der Waals surface area contributed by atoms with E-state index in [0.717, 1.165) is 37.2 Å². The van der Waals surface area contributed by atoms with Crippen molar-refractivity contribution < 1.29 is 24.1 Å². The molecule has 2 bridgehead atoms. The number of methoxy groups -OCH3 is 1. The van der Waals surface area contributed by atoms with Gasteiger partial charge in [-0.25, -0.2) is 4.79 Å². The van der Waals surface area contributed by atoms with Gasteiger partial charge in [-0.2, -0.15) is 0 Å². The Morgan fingerprint density at radius 1 is 1.22 bits per heavy atom. The Bertz CT molecular complexity index is 536. The van der Waals surface area contributed by atoms with Gasteiger partial charge in [-0.15, -0.1) is 0 Å². The monoisotopic (exact) mass is 321 g/mol. The second kappa shape index (κ2) is 7.08. The fourth-order valence-electron chi connectivity index (χ4n) is 3.61. The predicted octanol–water partition coefficient (Wildman–Crippen LogP) is 2.76. The quantitative estimate of drug-likeness (QED) is 0.816. The highest BCUT2D eigenvalue weighted by atomic mass is 16.5. The number of hydrogen-bond donors (Lipinski definition) is 1. The first-order chi connectivity index (χ1) is 11.2. The Kier molecular flexibility index (Phi) is 4.91.